The van der Waals surface area contributed by atoms with Gasteiger partial charge in [0.05, 0.1) is 0 Å². The fourth-order valence-electron chi connectivity index (χ4n) is 4.40. The van der Waals surface area contributed by atoms with Crippen molar-refractivity contribution in [3.8, 4) is 0 Å². The molecule has 106 valence electrons. The number of likely N-dealkylation sites (tertiary alicyclic amines) is 1. The average molecular weight is 252 g/mol. The van der Waals surface area contributed by atoms with Gasteiger partial charge in [-0.25, -0.2) is 0 Å². The highest BCUT2D eigenvalue weighted by Crippen LogP contribution is 2.44. The van der Waals surface area contributed by atoms with Gasteiger partial charge in [0.15, 0.2) is 0 Å². The zero-order valence-electron chi connectivity index (χ0n) is 12.8. The lowest BCUT2D eigenvalue weighted by Crippen LogP contribution is -2.63. The van der Waals surface area contributed by atoms with Gasteiger partial charge in [0.2, 0.25) is 0 Å². The highest BCUT2D eigenvalue weighted by molar-refractivity contribution is 5.02. The van der Waals surface area contributed by atoms with Gasteiger partial charge < -0.3 is 5.73 Å². The first-order chi connectivity index (χ1) is 8.41. The number of rotatable bonds is 2. The summed E-state index contributed by atoms with van der Waals surface area (Å²) in [5.41, 5.74) is 7.03. The molecular weight excluding hydrogens is 220 g/mol. The molecule has 2 rings (SSSR count). The number of hydrogen-bond acceptors (Lipinski definition) is 2. The highest BCUT2D eigenvalue weighted by atomic mass is 15.2. The van der Waals surface area contributed by atoms with Gasteiger partial charge in [-0.15, -0.1) is 0 Å². The molecule has 0 amide bonds. The van der Waals surface area contributed by atoms with Gasteiger partial charge in [0.25, 0.3) is 0 Å². The third kappa shape index (κ3) is 2.46. The Kier molecular flexibility index (Phi) is 4.08. The summed E-state index contributed by atoms with van der Waals surface area (Å²) >= 11 is 0. The van der Waals surface area contributed by atoms with Crippen LogP contribution in [0.5, 0.6) is 0 Å². The Morgan fingerprint density at radius 1 is 1.17 bits per heavy atom. The van der Waals surface area contributed by atoms with Crippen molar-refractivity contribution in [3.05, 3.63) is 0 Å². The topological polar surface area (TPSA) is 29.3 Å². The molecule has 0 aromatic heterocycles. The molecule has 1 heterocycles. The van der Waals surface area contributed by atoms with Crippen LogP contribution < -0.4 is 5.73 Å². The van der Waals surface area contributed by atoms with E-state index >= 15 is 0 Å². The lowest BCUT2D eigenvalue weighted by atomic mass is 9.66. The second kappa shape index (κ2) is 5.13. The van der Waals surface area contributed by atoms with Crippen LogP contribution in [0.25, 0.3) is 0 Å². The van der Waals surface area contributed by atoms with Crippen LogP contribution in [0.3, 0.4) is 0 Å². The van der Waals surface area contributed by atoms with E-state index in [2.05, 4.69) is 32.6 Å². The van der Waals surface area contributed by atoms with E-state index in [-0.39, 0.29) is 5.54 Å². The normalized spacial score (nSPS) is 41.8. The van der Waals surface area contributed by atoms with Crippen molar-refractivity contribution in [2.75, 3.05) is 19.6 Å². The first-order valence-corrected chi connectivity index (χ1v) is 7.86. The van der Waals surface area contributed by atoms with Crippen LogP contribution in [-0.4, -0.2) is 30.1 Å². The molecule has 2 heteroatoms. The summed E-state index contributed by atoms with van der Waals surface area (Å²) in [6, 6.07) is 0. The fourth-order valence-corrected chi connectivity index (χ4v) is 4.40. The zero-order chi connectivity index (χ0) is 13.4. The van der Waals surface area contributed by atoms with E-state index in [9.17, 15) is 0 Å². The monoisotopic (exact) mass is 252 g/mol. The average Bonchev–Trinajstić information content (AvgIpc) is 2.32. The molecule has 1 saturated heterocycles. The van der Waals surface area contributed by atoms with E-state index in [1.54, 1.807) is 0 Å². The van der Waals surface area contributed by atoms with Crippen molar-refractivity contribution in [1.82, 2.24) is 4.90 Å². The quantitative estimate of drug-likeness (QED) is 0.817. The standard InChI is InChI=1S/C16H32N2/c1-13-7-5-9-16(11-17,14(13)2)18-10-6-8-15(3,4)12-18/h13-14H,5-12,17H2,1-4H3. The molecule has 2 aliphatic rings. The number of nitrogens with two attached hydrogens (primary N) is 1. The van der Waals surface area contributed by atoms with Crippen LogP contribution >= 0.6 is 0 Å². The van der Waals surface area contributed by atoms with Crippen molar-refractivity contribution >= 4 is 0 Å². The molecule has 3 unspecified atom stereocenters. The zero-order valence-corrected chi connectivity index (χ0v) is 12.8. The van der Waals surface area contributed by atoms with E-state index in [1.165, 1.54) is 45.2 Å². The largest absolute Gasteiger partial charge is 0.329 e. The van der Waals surface area contributed by atoms with Gasteiger partial charge in [-0.1, -0.05) is 40.5 Å². The molecule has 3 atom stereocenters. The molecular formula is C16H32N2. The maximum atomic E-state index is 6.27. The first-order valence-electron chi connectivity index (χ1n) is 7.86. The molecule has 0 aromatic rings. The van der Waals surface area contributed by atoms with Crippen LogP contribution in [0.15, 0.2) is 0 Å². The van der Waals surface area contributed by atoms with Crippen LogP contribution in [0.1, 0.15) is 59.8 Å². The van der Waals surface area contributed by atoms with Gasteiger partial charge in [-0.3, -0.25) is 4.90 Å². The lowest BCUT2D eigenvalue weighted by molar-refractivity contribution is -0.0496. The molecule has 1 saturated carbocycles. The van der Waals surface area contributed by atoms with E-state index in [0.29, 0.717) is 5.41 Å². The predicted molar refractivity (Wildman–Crippen MR) is 78.6 cm³/mol. The maximum Gasteiger partial charge on any atom is 0.0359 e. The molecule has 2 N–H and O–H groups in total. The van der Waals surface area contributed by atoms with Crippen molar-refractivity contribution in [1.29, 1.82) is 0 Å². The third-order valence-electron chi connectivity index (χ3n) is 5.85. The Morgan fingerprint density at radius 2 is 1.89 bits per heavy atom. The molecule has 0 spiro atoms. The Bertz CT molecular complexity index is 287. The van der Waals surface area contributed by atoms with E-state index in [1.807, 2.05) is 0 Å². The maximum absolute atomic E-state index is 6.27. The molecule has 2 nitrogen and oxygen atoms in total. The molecule has 0 radical (unpaired) electrons. The predicted octanol–water partition coefficient (Wildman–Crippen LogP) is 3.26. The van der Waals surface area contributed by atoms with Gasteiger partial charge in [0.1, 0.15) is 0 Å². The first kappa shape index (κ1) is 14.3. The Labute approximate surface area is 113 Å². The highest BCUT2D eigenvalue weighted by Gasteiger charge is 2.46. The van der Waals surface area contributed by atoms with Crippen molar-refractivity contribution < 1.29 is 0 Å². The van der Waals surface area contributed by atoms with Gasteiger partial charge >= 0.3 is 0 Å². The lowest BCUT2D eigenvalue weighted by Gasteiger charge is -2.56. The van der Waals surface area contributed by atoms with Gasteiger partial charge in [-0.05, 0) is 43.1 Å². The number of hydrogen-bond donors (Lipinski definition) is 1. The molecule has 0 bridgehead atoms. The number of piperidine rings is 1. The van der Waals surface area contributed by atoms with E-state index in [4.69, 9.17) is 5.73 Å². The minimum Gasteiger partial charge on any atom is -0.329 e. The molecule has 1 aliphatic heterocycles. The van der Waals surface area contributed by atoms with E-state index in [0.717, 1.165) is 18.4 Å². The Hall–Kier alpha value is -0.0800. The van der Waals surface area contributed by atoms with Gasteiger partial charge in [0, 0.05) is 18.6 Å². The number of nitrogens with zero attached hydrogens (tertiary/aromatic N) is 1. The molecule has 2 fully saturated rings. The SMILES string of the molecule is CC1CCCC(CN)(N2CCCC(C)(C)C2)C1C. The second-order valence-corrected chi connectivity index (χ2v) is 7.66. The Morgan fingerprint density at radius 3 is 2.50 bits per heavy atom. The fraction of sp³-hybridized carbons (Fsp3) is 1.00. The smallest absolute Gasteiger partial charge is 0.0359 e. The third-order valence-corrected chi connectivity index (χ3v) is 5.85. The second-order valence-electron chi connectivity index (χ2n) is 7.66. The molecule has 18 heavy (non-hydrogen) atoms. The Balaban J connectivity index is 2.20. The summed E-state index contributed by atoms with van der Waals surface area (Å²) in [6.07, 6.45) is 6.77. The summed E-state index contributed by atoms with van der Waals surface area (Å²) in [7, 11) is 0. The summed E-state index contributed by atoms with van der Waals surface area (Å²) in [5.74, 6) is 1.57. The summed E-state index contributed by atoms with van der Waals surface area (Å²) in [5, 5.41) is 0. The van der Waals surface area contributed by atoms with Crippen molar-refractivity contribution in [3.63, 3.8) is 0 Å². The van der Waals surface area contributed by atoms with Crippen molar-refractivity contribution in [2.24, 2.45) is 23.0 Å². The van der Waals surface area contributed by atoms with Crippen LogP contribution in [0.2, 0.25) is 0 Å². The minimum atomic E-state index is 0.287. The van der Waals surface area contributed by atoms with Gasteiger partial charge in [-0.2, -0.15) is 0 Å². The van der Waals surface area contributed by atoms with Crippen LogP contribution in [0, 0.1) is 17.3 Å². The summed E-state index contributed by atoms with van der Waals surface area (Å²) < 4.78 is 0. The molecule has 0 aromatic carbocycles. The van der Waals surface area contributed by atoms with Crippen LogP contribution in [0.4, 0.5) is 0 Å². The minimum absolute atomic E-state index is 0.287. The summed E-state index contributed by atoms with van der Waals surface area (Å²) in [4.78, 5) is 2.76. The van der Waals surface area contributed by atoms with E-state index < -0.39 is 0 Å². The summed E-state index contributed by atoms with van der Waals surface area (Å²) in [6.45, 7) is 13.0. The molecule has 1 aliphatic carbocycles. The van der Waals surface area contributed by atoms with Crippen LogP contribution in [-0.2, 0) is 0 Å². The van der Waals surface area contributed by atoms with Crippen molar-refractivity contribution in [2.45, 2.75) is 65.3 Å².